The van der Waals surface area contributed by atoms with Gasteiger partial charge >= 0.3 is 0 Å². The molecule has 0 aromatic heterocycles. The van der Waals surface area contributed by atoms with Crippen molar-refractivity contribution in [3.8, 4) is 0 Å². The summed E-state index contributed by atoms with van der Waals surface area (Å²) in [5.41, 5.74) is 0. The topological polar surface area (TPSA) is 33.5 Å². The van der Waals surface area contributed by atoms with Crippen molar-refractivity contribution < 1.29 is 19.8 Å². The van der Waals surface area contributed by atoms with Crippen LogP contribution in [-0.4, -0.2) is 69.6 Å². The highest BCUT2D eigenvalue weighted by molar-refractivity contribution is 4.71. The molecule has 4 heteroatoms. The van der Waals surface area contributed by atoms with E-state index >= 15 is 0 Å². The first-order valence-corrected chi connectivity index (χ1v) is 9.90. The van der Waals surface area contributed by atoms with E-state index in [4.69, 9.17) is 5.11 Å². The number of aliphatic hydroxyl groups excluding tert-OH is 1. The summed E-state index contributed by atoms with van der Waals surface area (Å²) in [6.07, 6.45) is 8.81. The van der Waals surface area contributed by atoms with Gasteiger partial charge < -0.3 is 19.8 Å². The second-order valence-corrected chi connectivity index (χ2v) is 8.28. The first kappa shape index (κ1) is 16.7. The lowest BCUT2D eigenvalue weighted by Gasteiger charge is -2.41. The van der Waals surface area contributed by atoms with E-state index in [1.807, 2.05) is 9.80 Å². The third-order valence-corrected chi connectivity index (χ3v) is 6.78. The van der Waals surface area contributed by atoms with Crippen LogP contribution in [0.1, 0.15) is 45.4 Å². The van der Waals surface area contributed by atoms with Crippen molar-refractivity contribution >= 4 is 0 Å². The molecule has 0 aromatic rings. The van der Waals surface area contributed by atoms with E-state index in [2.05, 4.69) is 6.92 Å². The van der Waals surface area contributed by atoms with Crippen LogP contribution in [0.2, 0.25) is 0 Å². The number of nitrogens with one attached hydrogen (secondary N) is 3. The molecule has 2 heterocycles. The standard InChI is InChI=1S/C18H35N3O/c1-16-3-2-4-18(15-16)20-7-5-17(6-8-20)21-11-9-19(10-12-21)13-14-22/h16-18,22H,2-15H2,1H3/p+3/t16-,18-/m1/s1. The first-order valence-electron chi connectivity index (χ1n) is 9.90. The number of rotatable bonds is 4. The third kappa shape index (κ3) is 4.22. The maximum Gasteiger partial charge on any atom is 0.127 e. The number of hydrogen-bond acceptors (Lipinski definition) is 1. The molecule has 2 atom stereocenters. The number of hydrogen-bond donors (Lipinski definition) is 4. The van der Waals surface area contributed by atoms with Crippen LogP contribution in [0.5, 0.6) is 0 Å². The summed E-state index contributed by atoms with van der Waals surface area (Å²) in [6, 6.07) is 1.91. The van der Waals surface area contributed by atoms with Crippen LogP contribution in [0.4, 0.5) is 0 Å². The van der Waals surface area contributed by atoms with E-state index in [1.54, 1.807) is 4.90 Å². The Morgan fingerprint density at radius 3 is 2.14 bits per heavy atom. The van der Waals surface area contributed by atoms with Gasteiger partial charge in [-0.15, -0.1) is 0 Å². The number of piperazine rings is 1. The summed E-state index contributed by atoms with van der Waals surface area (Å²) in [4.78, 5) is 5.43. The average Bonchev–Trinajstić information content (AvgIpc) is 2.56. The van der Waals surface area contributed by atoms with E-state index in [0.717, 1.165) is 24.5 Å². The fraction of sp³-hybridized carbons (Fsp3) is 1.00. The fourth-order valence-electron chi connectivity index (χ4n) is 5.35. The van der Waals surface area contributed by atoms with Gasteiger partial charge in [0.15, 0.2) is 0 Å². The Bertz CT molecular complexity index is 322. The van der Waals surface area contributed by atoms with Crippen molar-refractivity contribution in [2.24, 2.45) is 5.92 Å². The van der Waals surface area contributed by atoms with Crippen LogP contribution in [0.3, 0.4) is 0 Å². The molecule has 128 valence electrons. The molecule has 2 saturated heterocycles. The lowest BCUT2D eigenvalue weighted by atomic mass is 9.85. The highest BCUT2D eigenvalue weighted by Crippen LogP contribution is 2.22. The Kier molecular flexibility index (Phi) is 6.14. The SMILES string of the molecule is C[C@@H]1CCC[C@@H]([NH+]2CCC([NH+]3CC[NH+](CCO)CC3)CC2)C1. The zero-order chi connectivity index (χ0) is 15.4. The summed E-state index contributed by atoms with van der Waals surface area (Å²) < 4.78 is 0. The van der Waals surface area contributed by atoms with E-state index in [1.165, 1.54) is 77.8 Å². The highest BCUT2D eigenvalue weighted by Gasteiger charge is 2.36. The molecule has 1 saturated carbocycles. The number of aliphatic hydroxyl groups is 1. The van der Waals surface area contributed by atoms with Gasteiger partial charge in [-0.3, -0.25) is 0 Å². The maximum absolute atomic E-state index is 9.07. The van der Waals surface area contributed by atoms with Crippen LogP contribution < -0.4 is 14.7 Å². The van der Waals surface area contributed by atoms with Crippen LogP contribution in [0, 0.1) is 5.92 Å². The number of quaternary nitrogens is 3. The van der Waals surface area contributed by atoms with Crippen LogP contribution >= 0.6 is 0 Å². The first-order chi connectivity index (χ1) is 10.8. The molecule has 0 radical (unpaired) electrons. The molecule has 4 nitrogen and oxygen atoms in total. The second-order valence-electron chi connectivity index (χ2n) is 8.28. The molecular weight excluding hydrogens is 274 g/mol. The van der Waals surface area contributed by atoms with E-state index in [-0.39, 0.29) is 0 Å². The Labute approximate surface area is 136 Å². The predicted molar refractivity (Wildman–Crippen MR) is 88.5 cm³/mol. The smallest absolute Gasteiger partial charge is 0.127 e. The van der Waals surface area contributed by atoms with Crippen molar-refractivity contribution in [2.75, 3.05) is 52.4 Å². The zero-order valence-corrected chi connectivity index (χ0v) is 14.6. The summed E-state index contributed by atoms with van der Waals surface area (Å²) >= 11 is 0. The van der Waals surface area contributed by atoms with Gasteiger partial charge in [-0.25, -0.2) is 0 Å². The molecule has 0 unspecified atom stereocenters. The van der Waals surface area contributed by atoms with E-state index in [9.17, 15) is 0 Å². The zero-order valence-electron chi connectivity index (χ0n) is 14.6. The van der Waals surface area contributed by atoms with Gasteiger partial charge in [0, 0.05) is 19.3 Å². The molecule has 4 N–H and O–H groups in total. The monoisotopic (exact) mass is 312 g/mol. The van der Waals surface area contributed by atoms with Gasteiger partial charge in [-0.2, -0.15) is 0 Å². The summed E-state index contributed by atoms with van der Waals surface area (Å²) in [7, 11) is 0. The van der Waals surface area contributed by atoms with Crippen molar-refractivity contribution in [3.63, 3.8) is 0 Å². The highest BCUT2D eigenvalue weighted by atomic mass is 16.3. The number of likely N-dealkylation sites (tertiary alicyclic amines) is 1. The van der Waals surface area contributed by atoms with Crippen molar-refractivity contribution in [3.05, 3.63) is 0 Å². The molecule has 0 amide bonds. The van der Waals surface area contributed by atoms with Gasteiger partial charge in [0.25, 0.3) is 0 Å². The molecule has 3 fully saturated rings. The largest absolute Gasteiger partial charge is 0.391 e. The lowest BCUT2D eigenvalue weighted by molar-refractivity contribution is -1.03. The quantitative estimate of drug-likeness (QED) is 0.451. The van der Waals surface area contributed by atoms with Crippen LogP contribution in [-0.2, 0) is 0 Å². The average molecular weight is 313 g/mol. The minimum absolute atomic E-state index is 0.353. The second kappa shape index (κ2) is 8.09. The van der Waals surface area contributed by atoms with Crippen molar-refractivity contribution in [2.45, 2.75) is 57.5 Å². The molecule has 0 spiro atoms. The maximum atomic E-state index is 9.07. The third-order valence-electron chi connectivity index (χ3n) is 6.78. The normalized spacial score (nSPS) is 43.9. The Morgan fingerprint density at radius 2 is 1.50 bits per heavy atom. The van der Waals surface area contributed by atoms with Gasteiger partial charge in [0.2, 0.25) is 0 Å². The summed E-state index contributed by atoms with van der Waals surface area (Å²) in [5, 5.41) is 9.07. The van der Waals surface area contributed by atoms with E-state index < -0.39 is 0 Å². The Hall–Kier alpha value is -0.160. The molecule has 3 rings (SSSR count). The predicted octanol–water partition coefficient (Wildman–Crippen LogP) is -2.61. The molecule has 2 aliphatic heterocycles. The minimum Gasteiger partial charge on any atom is -0.391 e. The molecular formula is C18H38N3O+3. The van der Waals surface area contributed by atoms with Crippen molar-refractivity contribution in [1.82, 2.24) is 0 Å². The van der Waals surface area contributed by atoms with Crippen LogP contribution in [0.25, 0.3) is 0 Å². The van der Waals surface area contributed by atoms with Gasteiger partial charge in [0.1, 0.15) is 32.7 Å². The molecule has 22 heavy (non-hydrogen) atoms. The molecule has 0 aromatic carbocycles. The molecule has 0 bridgehead atoms. The summed E-state index contributed by atoms with van der Waals surface area (Å²) in [5.74, 6) is 0.970. The Balaban J connectivity index is 1.40. The minimum atomic E-state index is 0.353. The van der Waals surface area contributed by atoms with Crippen LogP contribution in [0.15, 0.2) is 0 Å². The van der Waals surface area contributed by atoms with Gasteiger partial charge in [0.05, 0.1) is 31.8 Å². The van der Waals surface area contributed by atoms with Gasteiger partial charge in [-0.1, -0.05) is 13.3 Å². The lowest BCUT2D eigenvalue weighted by Crippen LogP contribution is -3.30. The van der Waals surface area contributed by atoms with Crippen molar-refractivity contribution in [1.29, 1.82) is 0 Å². The fourth-order valence-corrected chi connectivity index (χ4v) is 5.35. The molecule has 1 aliphatic carbocycles. The Morgan fingerprint density at radius 1 is 0.818 bits per heavy atom. The van der Waals surface area contributed by atoms with Gasteiger partial charge in [-0.05, 0) is 18.8 Å². The summed E-state index contributed by atoms with van der Waals surface area (Å²) in [6.45, 7) is 11.8. The van der Waals surface area contributed by atoms with E-state index in [0.29, 0.717) is 6.61 Å². The number of piperidine rings is 1. The molecule has 3 aliphatic rings.